The van der Waals surface area contributed by atoms with Crippen LogP contribution in [0.2, 0.25) is 0 Å². The van der Waals surface area contributed by atoms with Crippen molar-refractivity contribution < 1.29 is 0 Å². The molecule has 3 rings (SSSR count). The summed E-state index contributed by atoms with van der Waals surface area (Å²) in [6, 6.07) is 13.5. The lowest BCUT2D eigenvalue weighted by Crippen LogP contribution is -2.16. The maximum Gasteiger partial charge on any atom is 0.105 e. The quantitative estimate of drug-likeness (QED) is 0.894. The molecule has 1 fully saturated rings. The van der Waals surface area contributed by atoms with Crippen LogP contribution in [-0.4, -0.2) is 11.0 Å². The van der Waals surface area contributed by atoms with Crippen molar-refractivity contribution in [3.8, 4) is 0 Å². The predicted octanol–water partition coefficient (Wildman–Crippen LogP) is 3.79. The largest absolute Gasteiger partial charge is 0.310 e. The van der Waals surface area contributed by atoms with Gasteiger partial charge in [0.25, 0.3) is 0 Å². The van der Waals surface area contributed by atoms with Crippen LogP contribution in [0.25, 0.3) is 0 Å². The zero-order valence-electron chi connectivity index (χ0n) is 11.1. The fraction of sp³-hybridized carbons (Fsp3) is 0.312. The van der Waals surface area contributed by atoms with Gasteiger partial charge in [0.2, 0.25) is 0 Å². The molecule has 0 aliphatic heterocycles. The molecule has 2 nitrogen and oxygen atoms in total. The molecule has 0 amide bonds. The molecule has 1 aliphatic rings. The summed E-state index contributed by atoms with van der Waals surface area (Å²) >= 11 is 1.75. The van der Waals surface area contributed by atoms with Crippen LogP contribution in [0, 0.1) is 6.92 Å². The molecule has 1 aromatic carbocycles. The van der Waals surface area contributed by atoms with Crippen LogP contribution < -0.4 is 5.32 Å². The van der Waals surface area contributed by atoms with Gasteiger partial charge in [-0.05, 0) is 43.5 Å². The lowest BCUT2D eigenvalue weighted by atomic mass is 10.2. The number of hydrogen-bond acceptors (Lipinski definition) is 3. The Labute approximate surface area is 118 Å². The minimum Gasteiger partial charge on any atom is -0.310 e. The van der Waals surface area contributed by atoms with Crippen molar-refractivity contribution in [3.05, 3.63) is 53.7 Å². The Morgan fingerprint density at radius 2 is 2.16 bits per heavy atom. The summed E-state index contributed by atoms with van der Waals surface area (Å²) in [7, 11) is 0. The Bertz CT molecular complexity index is 564. The number of rotatable bonds is 5. The first-order valence-electron chi connectivity index (χ1n) is 6.73. The van der Waals surface area contributed by atoms with Crippen molar-refractivity contribution in [1.82, 2.24) is 10.3 Å². The first-order chi connectivity index (χ1) is 9.31. The summed E-state index contributed by atoms with van der Waals surface area (Å²) in [6.07, 6.45) is 4.51. The van der Waals surface area contributed by atoms with Crippen LogP contribution in [0.1, 0.15) is 24.0 Å². The predicted molar refractivity (Wildman–Crippen MR) is 79.4 cm³/mol. The minimum absolute atomic E-state index is 0.733. The summed E-state index contributed by atoms with van der Waals surface area (Å²) in [5, 5.41) is 4.67. The van der Waals surface area contributed by atoms with Gasteiger partial charge in [-0.2, -0.15) is 0 Å². The van der Waals surface area contributed by atoms with Gasteiger partial charge in [-0.15, -0.1) is 0 Å². The molecule has 1 saturated carbocycles. The molecule has 1 aromatic heterocycles. The molecule has 1 N–H and O–H groups in total. The maximum atomic E-state index is 4.52. The summed E-state index contributed by atoms with van der Waals surface area (Å²) in [4.78, 5) is 5.78. The topological polar surface area (TPSA) is 24.9 Å². The van der Waals surface area contributed by atoms with Crippen LogP contribution in [-0.2, 0) is 6.54 Å². The highest BCUT2D eigenvalue weighted by atomic mass is 32.2. The van der Waals surface area contributed by atoms with Crippen LogP contribution in [0.3, 0.4) is 0 Å². The van der Waals surface area contributed by atoms with Gasteiger partial charge in [0.1, 0.15) is 5.03 Å². The number of hydrogen-bond donors (Lipinski definition) is 1. The molecule has 3 heteroatoms. The van der Waals surface area contributed by atoms with E-state index in [9.17, 15) is 0 Å². The first-order valence-corrected chi connectivity index (χ1v) is 7.55. The van der Waals surface area contributed by atoms with Gasteiger partial charge >= 0.3 is 0 Å². The average Bonchev–Trinajstić information content (AvgIpc) is 3.22. The van der Waals surface area contributed by atoms with Gasteiger partial charge in [-0.1, -0.05) is 35.5 Å². The van der Waals surface area contributed by atoms with Gasteiger partial charge in [-0.25, -0.2) is 4.98 Å². The van der Waals surface area contributed by atoms with E-state index >= 15 is 0 Å². The molecule has 1 aliphatic carbocycles. The zero-order chi connectivity index (χ0) is 13.1. The smallest absolute Gasteiger partial charge is 0.105 e. The third kappa shape index (κ3) is 3.58. The van der Waals surface area contributed by atoms with Crippen molar-refractivity contribution in [2.45, 2.75) is 42.3 Å². The molecule has 19 heavy (non-hydrogen) atoms. The Kier molecular flexibility index (Phi) is 3.85. The average molecular weight is 270 g/mol. The number of nitrogens with one attached hydrogen (secondary N) is 1. The molecule has 1 heterocycles. The number of aromatic nitrogens is 1. The van der Waals surface area contributed by atoms with E-state index in [2.05, 4.69) is 47.6 Å². The van der Waals surface area contributed by atoms with Gasteiger partial charge < -0.3 is 5.32 Å². The molecule has 98 valence electrons. The molecule has 0 spiro atoms. The standard InChI is InChI=1S/C16H18N2S/c1-12-4-2-6-15(10-12)19-16-13(5-3-9-17-16)11-18-14-7-8-14/h2-6,9-10,14,18H,7-8,11H2,1H3. The molecular weight excluding hydrogens is 252 g/mol. The second-order valence-corrected chi connectivity index (χ2v) is 6.10. The lowest BCUT2D eigenvalue weighted by molar-refractivity contribution is 0.675. The van der Waals surface area contributed by atoms with E-state index in [1.54, 1.807) is 11.8 Å². The number of nitrogens with zero attached hydrogens (tertiary/aromatic N) is 1. The van der Waals surface area contributed by atoms with Crippen LogP contribution in [0.15, 0.2) is 52.5 Å². The normalized spacial score (nSPS) is 14.6. The lowest BCUT2D eigenvalue weighted by Gasteiger charge is -2.09. The van der Waals surface area contributed by atoms with Crippen molar-refractivity contribution in [3.63, 3.8) is 0 Å². The molecule has 0 bridgehead atoms. The Balaban J connectivity index is 1.75. The van der Waals surface area contributed by atoms with E-state index in [0.29, 0.717) is 0 Å². The summed E-state index contributed by atoms with van der Waals surface area (Å²) in [6.45, 7) is 3.05. The molecular formula is C16H18N2S. The molecule has 2 aromatic rings. The fourth-order valence-corrected chi connectivity index (χ4v) is 2.98. The number of pyridine rings is 1. The highest BCUT2D eigenvalue weighted by molar-refractivity contribution is 7.99. The SMILES string of the molecule is Cc1cccc(Sc2ncccc2CNC2CC2)c1. The third-order valence-electron chi connectivity index (χ3n) is 3.21. The second-order valence-electron chi connectivity index (χ2n) is 5.04. The zero-order valence-corrected chi connectivity index (χ0v) is 11.9. The van der Waals surface area contributed by atoms with E-state index < -0.39 is 0 Å². The Morgan fingerprint density at radius 3 is 2.95 bits per heavy atom. The van der Waals surface area contributed by atoms with E-state index in [0.717, 1.165) is 17.6 Å². The molecule has 0 saturated heterocycles. The second kappa shape index (κ2) is 5.76. The molecule has 0 atom stereocenters. The fourth-order valence-electron chi connectivity index (χ4n) is 1.98. The summed E-state index contributed by atoms with van der Waals surface area (Å²) in [5.41, 5.74) is 2.58. The molecule has 0 radical (unpaired) electrons. The third-order valence-corrected chi connectivity index (χ3v) is 4.26. The van der Waals surface area contributed by atoms with E-state index in [1.807, 2.05) is 12.3 Å². The van der Waals surface area contributed by atoms with Gasteiger partial charge in [0, 0.05) is 23.7 Å². The van der Waals surface area contributed by atoms with Gasteiger partial charge in [0.05, 0.1) is 0 Å². The van der Waals surface area contributed by atoms with Gasteiger partial charge in [0.15, 0.2) is 0 Å². The minimum atomic E-state index is 0.733. The van der Waals surface area contributed by atoms with Crippen LogP contribution >= 0.6 is 11.8 Å². The van der Waals surface area contributed by atoms with E-state index in [1.165, 1.54) is 28.9 Å². The Hall–Kier alpha value is -1.32. The van der Waals surface area contributed by atoms with Crippen molar-refractivity contribution in [1.29, 1.82) is 0 Å². The van der Waals surface area contributed by atoms with Crippen molar-refractivity contribution in [2.24, 2.45) is 0 Å². The van der Waals surface area contributed by atoms with Crippen molar-refractivity contribution >= 4 is 11.8 Å². The first kappa shape index (κ1) is 12.7. The van der Waals surface area contributed by atoms with Crippen LogP contribution in [0.5, 0.6) is 0 Å². The monoisotopic (exact) mass is 270 g/mol. The number of benzene rings is 1. The molecule has 0 unspecified atom stereocenters. The van der Waals surface area contributed by atoms with Crippen LogP contribution in [0.4, 0.5) is 0 Å². The maximum absolute atomic E-state index is 4.52. The summed E-state index contributed by atoms with van der Waals surface area (Å²) in [5.74, 6) is 0. The summed E-state index contributed by atoms with van der Waals surface area (Å²) < 4.78 is 0. The highest BCUT2D eigenvalue weighted by Gasteiger charge is 2.20. The van der Waals surface area contributed by atoms with E-state index in [4.69, 9.17) is 0 Å². The number of aryl methyl sites for hydroxylation is 1. The van der Waals surface area contributed by atoms with Gasteiger partial charge in [-0.3, -0.25) is 0 Å². The van der Waals surface area contributed by atoms with Crippen molar-refractivity contribution in [2.75, 3.05) is 0 Å². The highest BCUT2D eigenvalue weighted by Crippen LogP contribution is 2.29. The van der Waals surface area contributed by atoms with E-state index in [-0.39, 0.29) is 0 Å². The Morgan fingerprint density at radius 1 is 1.26 bits per heavy atom.